The summed E-state index contributed by atoms with van der Waals surface area (Å²) in [5.74, 6) is 2.14. The van der Waals surface area contributed by atoms with Gasteiger partial charge in [0.2, 0.25) is 5.13 Å². The molecule has 1 aliphatic heterocycles. The van der Waals surface area contributed by atoms with Crippen LogP contribution in [0.1, 0.15) is 49.3 Å². The largest absolute Gasteiger partial charge is 0.353 e. The summed E-state index contributed by atoms with van der Waals surface area (Å²) in [6.07, 6.45) is 6.88. The number of aryl methyl sites for hydroxylation is 2. The third-order valence-electron chi connectivity index (χ3n) is 3.51. The minimum atomic E-state index is 0.674. The molecule has 2 aromatic heterocycles. The van der Waals surface area contributed by atoms with Gasteiger partial charge in [-0.15, -0.1) is 20.4 Å². The Morgan fingerprint density at radius 1 is 1.15 bits per heavy atom. The summed E-state index contributed by atoms with van der Waals surface area (Å²) >= 11 is 1.63. The monoisotopic (exact) mass is 292 g/mol. The number of rotatable bonds is 5. The molecule has 0 unspecified atom stereocenters. The maximum atomic E-state index is 4.30. The minimum absolute atomic E-state index is 0.674. The zero-order valence-corrected chi connectivity index (χ0v) is 12.6. The molecule has 20 heavy (non-hydrogen) atoms. The quantitative estimate of drug-likeness (QED) is 0.916. The van der Waals surface area contributed by atoms with Gasteiger partial charge in [0.15, 0.2) is 5.82 Å². The van der Waals surface area contributed by atoms with E-state index < -0.39 is 0 Å². The van der Waals surface area contributed by atoms with E-state index >= 15 is 0 Å². The Morgan fingerprint density at radius 2 is 2.10 bits per heavy atom. The molecule has 3 heterocycles. The van der Waals surface area contributed by atoms with Gasteiger partial charge in [0.1, 0.15) is 10.8 Å². The molecule has 0 aromatic carbocycles. The van der Waals surface area contributed by atoms with E-state index in [4.69, 9.17) is 0 Å². The lowest BCUT2D eigenvalue weighted by Crippen LogP contribution is -2.10. The normalized spacial score (nSPS) is 14.8. The van der Waals surface area contributed by atoms with Gasteiger partial charge < -0.3 is 9.88 Å². The first-order chi connectivity index (χ1) is 9.86. The van der Waals surface area contributed by atoms with E-state index in [0.717, 1.165) is 47.6 Å². The van der Waals surface area contributed by atoms with Gasteiger partial charge in [0.25, 0.3) is 0 Å². The highest BCUT2D eigenvalue weighted by Gasteiger charge is 2.14. The van der Waals surface area contributed by atoms with E-state index in [9.17, 15) is 0 Å². The lowest BCUT2D eigenvalue weighted by molar-refractivity contribution is 0.610. The summed E-state index contributed by atoms with van der Waals surface area (Å²) < 4.78 is 2.26. The van der Waals surface area contributed by atoms with Crippen molar-refractivity contribution < 1.29 is 0 Å². The Bertz CT molecular complexity index is 561. The average molecular weight is 292 g/mol. The molecular weight excluding hydrogens is 272 g/mol. The molecular formula is C13H20N6S. The van der Waals surface area contributed by atoms with Crippen molar-refractivity contribution in [2.24, 2.45) is 0 Å². The highest BCUT2D eigenvalue weighted by Crippen LogP contribution is 2.18. The summed E-state index contributed by atoms with van der Waals surface area (Å²) in [5, 5.41) is 22.2. The molecule has 2 aromatic rings. The molecule has 0 radical (unpaired) electrons. The number of nitrogens with one attached hydrogen (secondary N) is 1. The highest BCUT2D eigenvalue weighted by atomic mass is 32.1. The van der Waals surface area contributed by atoms with E-state index in [-0.39, 0.29) is 0 Å². The fourth-order valence-corrected chi connectivity index (χ4v) is 3.31. The van der Waals surface area contributed by atoms with Crippen LogP contribution in [-0.4, -0.2) is 25.0 Å². The van der Waals surface area contributed by atoms with Crippen LogP contribution in [0.25, 0.3) is 0 Å². The molecule has 0 aliphatic carbocycles. The lowest BCUT2D eigenvalue weighted by Gasteiger charge is -2.06. The van der Waals surface area contributed by atoms with Crippen LogP contribution in [0.4, 0.5) is 5.13 Å². The predicted octanol–water partition coefficient (Wildman–Crippen LogP) is 2.42. The Morgan fingerprint density at radius 3 is 3.00 bits per heavy atom. The van der Waals surface area contributed by atoms with E-state index in [1.807, 2.05) is 0 Å². The molecule has 0 atom stereocenters. The SMILES string of the molecule is CCCc1nnc(NCc2nnc3n2CCCCC3)s1. The van der Waals surface area contributed by atoms with Crippen molar-refractivity contribution in [1.82, 2.24) is 25.0 Å². The first-order valence-electron chi connectivity index (χ1n) is 7.34. The Labute approximate surface area is 122 Å². The summed E-state index contributed by atoms with van der Waals surface area (Å²) in [7, 11) is 0. The molecule has 6 nitrogen and oxygen atoms in total. The lowest BCUT2D eigenvalue weighted by atomic mass is 10.2. The molecule has 0 fully saturated rings. The summed E-state index contributed by atoms with van der Waals surface area (Å²) in [5.41, 5.74) is 0. The minimum Gasteiger partial charge on any atom is -0.353 e. The standard InChI is InChI=1S/C13H20N6S/c1-2-6-12-17-18-13(20-12)14-9-11-16-15-10-7-4-3-5-8-19(10)11/h2-9H2,1H3,(H,14,18). The molecule has 3 rings (SSSR count). The van der Waals surface area contributed by atoms with Crippen LogP contribution in [-0.2, 0) is 25.9 Å². The number of aromatic nitrogens is 5. The topological polar surface area (TPSA) is 68.5 Å². The van der Waals surface area contributed by atoms with Crippen LogP contribution < -0.4 is 5.32 Å². The summed E-state index contributed by atoms with van der Waals surface area (Å²) in [6, 6.07) is 0. The third-order valence-corrected chi connectivity index (χ3v) is 4.46. The fourth-order valence-electron chi connectivity index (χ4n) is 2.47. The van der Waals surface area contributed by atoms with Crippen LogP contribution in [0.5, 0.6) is 0 Å². The van der Waals surface area contributed by atoms with Crippen LogP contribution in [0, 0.1) is 0 Å². The van der Waals surface area contributed by atoms with Crippen LogP contribution in [0.15, 0.2) is 0 Å². The number of hydrogen-bond acceptors (Lipinski definition) is 6. The second kappa shape index (κ2) is 6.30. The molecule has 0 saturated carbocycles. The maximum absolute atomic E-state index is 4.30. The molecule has 0 amide bonds. The number of nitrogens with zero attached hydrogens (tertiary/aromatic N) is 5. The summed E-state index contributed by atoms with van der Waals surface area (Å²) in [4.78, 5) is 0. The van der Waals surface area contributed by atoms with Crippen LogP contribution >= 0.6 is 11.3 Å². The Kier molecular flexibility index (Phi) is 4.25. The van der Waals surface area contributed by atoms with Gasteiger partial charge >= 0.3 is 0 Å². The molecule has 0 bridgehead atoms. The zero-order valence-electron chi connectivity index (χ0n) is 11.8. The molecule has 108 valence electrons. The summed E-state index contributed by atoms with van der Waals surface area (Å²) in [6.45, 7) is 3.87. The van der Waals surface area contributed by atoms with Crippen molar-refractivity contribution in [3.63, 3.8) is 0 Å². The van der Waals surface area contributed by atoms with E-state index in [0.29, 0.717) is 6.54 Å². The van der Waals surface area contributed by atoms with Gasteiger partial charge in [-0.2, -0.15) is 0 Å². The van der Waals surface area contributed by atoms with E-state index in [2.05, 4.69) is 37.2 Å². The second-order valence-electron chi connectivity index (χ2n) is 5.10. The predicted molar refractivity (Wildman–Crippen MR) is 78.8 cm³/mol. The second-order valence-corrected chi connectivity index (χ2v) is 6.16. The smallest absolute Gasteiger partial charge is 0.206 e. The van der Waals surface area contributed by atoms with Gasteiger partial charge in [0, 0.05) is 19.4 Å². The van der Waals surface area contributed by atoms with Gasteiger partial charge in [-0.25, -0.2) is 0 Å². The molecule has 0 spiro atoms. The highest BCUT2D eigenvalue weighted by molar-refractivity contribution is 7.15. The number of hydrogen-bond donors (Lipinski definition) is 1. The maximum Gasteiger partial charge on any atom is 0.206 e. The van der Waals surface area contributed by atoms with Crippen molar-refractivity contribution >= 4 is 16.5 Å². The van der Waals surface area contributed by atoms with Crippen molar-refractivity contribution in [2.45, 2.75) is 58.5 Å². The molecule has 0 saturated heterocycles. The van der Waals surface area contributed by atoms with Crippen LogP contribution in [0.2, 0.25) is 0 Å². The third kappa shape index (κ3) is 2.98. The van der Waals surface area contributed by atoms with Gasteiger partial charge in [0.05, 0.1) is 6.54 Å². The number of fused-ring (bicyclic) bond motifs is 1. The van der Waals surface area contributed by atoms with Crippen molar-refractivity contribution in [3.05, 3.63) is 16.7 Å². The molecule has 7 heteroatoms. The van der Waals surface area contributed by atoms with Crippen molar-refractivity contribution in [1.29, 1.82) is 0 Å². The Hall–Kier alpha value is -1.50. The Balaban J connectivity index is 1.64. The number of anilines is 1. The molecule has 1 N–H and O–H groups in total. The van der Waals surface area contributed by atoms with Crippen molar-refractivity contribution in [3.8, 4) is 0 Å². The molecule has 1 aliphatic rings. The average Bonchev–Trinajstić information content (AvgIpc) is 2.98. The van der Waals surface area contributed by atoms with Gasteiger partial charge in [-0.1, -0.05) is 24.7 Å². The van der Waals surface area contributed by atoms with Gasteiger partial charge in [-0.3, -0.25) is 0 Å². The van der Waals surface area contributed by atoms with E-state index in [1.54, 1.807) is 11.3 Å². The first-order valence-corrected chi connectivity index (χ1v) is 8.15. The first kappa shape index (κ1) is 13.5. The zero-order chi connectivity index (χ0) is 13.8. The van der Waals surface area contributed by atoms with Gasteiger partial charge in [-0.05, 0) is 19.3 Å². The van der Waals surface area contributed by atoms with Crippen molar-refractivity contribution in [2.75, 3.05) is 5.32 Å². The van der Waals surface area contributed by atoms with Crippen LogP contribution in [0.3, 0.4) is 0 Å². The fraction of sp³-hybridized carbons (Fsp3) is 0.692. The van der Waals surface area contributed by atoms with E-state index in [1.165, 1.54) is 19.3 Å².